The van der Waals surface area contributed by atoms with Gasteiger partial charge in [-0.05, 0) is 61.9 Å². The largest absolute Gasteiger partial charge is 0.365 e. The van der Waals surface area contributed by atoms with E-state index in [0.717, 1.165) is 16.8 Å². The van der Waals surface area contributed by atoms with E-state index in [1.807, 2.05) is 12.1 Å². The van der Waals surface area contributed by atoms with Crippen molar-refractivity contribution in [3.63, 3.8) is 0 Å². The normalized spacial score (nSPS) is 22.7. The lowest BCUT2D eigenvalue weighted by Gasteiger charge is -2.40. The number of likely N-dealkylation sites (N-methyl/N-ethyl adjacent to an activating group) is 2. The van der Waals surface area contributed by atoms with E-state index in [1.54, 1.807) is 19.0 Å². The standard InChI is InChI=1S/C19H22ClN3OS/c1-11-10-19(2,3)23(6)15-9-14(20)12(7-13(11)15)8-16-17(24)22(5)18(21-4)25-16/h7-10H,1-6H3/b16-8-,21-18?. The monoisotopic (exact) mass is 375 g/mol. The summed E-state index contributed by atoms with van der Waals surface area (Å²) in [5.41, 5.74) is 4.25. The molecule has 4 nitrogen and oxygen atoms in total. The summed E-state index contributed by atoms with van der Waals surface area (Å²) in [6.07, 6.45) is 4.11. The minimum Gasteiger partial charge on any atom is -0.365 e. The molecule has 0 aromatic heterocycles. The van der Waals surface area contributed by atoms with Gasteiger partial charge < -0.3 is 4.90 Å². The first-order valence-electron chi connectivity index (χ1n) is 8.07. The van der Waals surface area contributed by atoms with E-state index in [1.165, 1.54) is 17.3 Å². The van der Waals surface area contributed by atoms with Crippen molar-refractivity contribution >= 4 is 51.8 Å². The van der Waals surface area contributed by atoms with Crippen molar-refractivity contribution in [3.05, 3.63) is 39.3 Å². The Morgan fingerprint density at radius 3 is 2.56 bits per heavy atom. The molecule has 2 heterocycles. The van der Waals surface area contributed by atoms with E-state index in [0.29, 0.717) is 15.1 Å². The van der Waals surface area contributed by atoms with Crippen LogP contribution in [0, 0.1) is 0 Å². The number of anilines is 1. The molecule has 6 heteroatoms. The molecule has 0 atom stereocenters. The quantitative estimate of drug-likeness (QED) is 0.678. The maximum atomic E-state index is 12.4. The van der Waals surface area contributed by atoms with Crippen LogP contribution in [0.5, 0.6) is 0 Å². The fourth-order valence-corrected chi connectivity index (χ4v) is 4.32. The molecule has 0 N–H and O–H groups in total. The number of amides is 1. The van der Waals surface area contributed by atoms with E-state index in [2.05, 4.69) is 49.9 Å². The Labute approximate surface area is 158 Å². The number of amidine groups is 1. The number of hydrogen-bond acceptors (Lipinski definition) is 4. The van der Waals surface area contributed by atoms with E-state index >= 15 is 0 Å². The third-order valence-electron chi connectivity index (χ3n) is 4.82. The molecule has 1 aromatic carbocycles. The van der Waals surface area contributed by atoms with Crippen molar-refractivity contribution < 1.29 is 4.79 Å². The fraction of sp³-hybridized carbons (Fsp3) is 0.368. The molecule has 25 heavy (non-hydrogen) atoms. The number of carbonyl (C=O) groups excluding carboxylic acids is 1. The minimum absolute atomic E-state index is 0.0510. The van der Waals surface area contributed by atoms with E-state index in [4.69, 9.17) is 11.6 Å². The van der Waals surface area contributed by atoms with Gasteiger partial charge in [-0.15, -0.1) is 0 Å². The summed E-state index contributed by atoms with van der Waals surface area (Å²) in [6, 6.07) is 4.06. The molecule has 0 aliphatic carbocycles. The number of nitrogens with zero attached hydrogens (tertiary/aromatic N) is 3. The van der Waals surface area contributed by atoms with Gasteiger partial charge in [-0.3, -0.25) is 14.7 Å². The first-order chi connectivity index (χ1) is 11.7. The van der Waals surface area contributed by atoms with Gasteiger partial charge in [0.1, 0.15) is 0 Å². The molecule has 1 amide bonds. The van der Waals surface area contributed by atoms with Crippen LogP contribution in [0.1, 0.15) is 31.9 Å². The summed E-state index contributed by atoms with van der Waals surface area (Å²) < 4.78 is 0. The second-order valence-corrected chi connectivity index (χ2v) is 8.33. The van der Waals surface area contributed by atoms with Gasteiger partial charge >= 0.3 is 0 Å². The lowest BCUT2D eigenvalue weighted by atomic mass is 9.88. The van der Waals surface area contributed by atoms with Crippen LogP contribution in [0.2, 0.25) is 5.02 Å². The second-order valence-electron chi connectivity index (χ2n) is 6.91. The lowest BCUT2D eigenvalue weighted by molar-refractivity contribution is -0.121. The number of allylic oxidation sites excluding steroid dienone is 1. The van der Waals surface area contributed by atoms with Crippen LogP contribution in [-0.4, -0.2) is 42.7 Å². The third-order valence-corrected chi connectivity index (χ3v) is 6.30. The average Bonchev–Trinajstić information content (AvgIpc) is 2.81. The average molecular weight is 376 g/mol. The summed E-state index contributed by atoms with van der Waals surface area (Å²) >= 11 is 7.92. The highest BCUT2D eigenvalue weighted by Gasteiger charge is 2.31. The summed E-state index contributed by atoms with van der Waals surface area (Å²) in [5, 5.41) is 1.34. The fourth-order valence-electron chi connectivity index (χ4n) is 3.19. The predicted molar refractivity (Wildman–Crippen MR) is 109 cm³/mol. The third kappa shape index (κ3) is 3.00. The summed E-state index contributed by atoms with van der Waals surface area (Å²) in [7, 11) is 5.50. The van der Waals surface area contributed by atoms with E-state index in [-0.39, 0.29) is 11.4 Å². The van der Waals surface area contributed by atoms with Gasteiger partial charge in [0.05, 0.1) is 10.4 Å². The van der Waals surface area contributed by atoms with Crippen LogP contribution < -0.4 is 4.90 Å². The molecule has 0 saturated carbocycles. The first-order valence-corrected chi connectivity index (χ1v) is 9.26. The topological polar surface area (TPSA) is 35.9 Å². The number of thioether (sulfide) groups is 1. The SMILES string of the molecule is CN=C1S/C(=C\c2cc3c(cc2Cl)N(C)C(C)(C)C=C3C)C(=O)N1C. The Morgan fingerprint density at radius 2 is 1.96 bits per heavy atom. The van der Waals surface area contributed by atoms with Crippen LogP contribution >= 0.6 is 23.4 Å². The predicted octanol–water partition coefficient (Wildman–Crippen LogP) is 4.50. The van der Waals surface area contributed by atoms with Crippen LogP contribution in [-0.2, 0) is 4.79 Å². The van der Waals surface area contributed by atoms with Crippen molar-refractivity contribution in [2.45, 2.75) is 26.3 Å². The number of rotatable bonds is 1. The molecule has 0 unspecified atom stereocenters. The molecule has 1 aromatic rings. The number of aliphatic imine (C=N–C) groups is 1. The van der Waals surface area contributed by atoms with Gasteiger partial charge in [0.25, 0.3) is 5.91 Å². The highest BCUT2D eigenvalue weighted by Crippen LogP contribution is 2.41. The van der Waals surface area contributed by atoms with Gasteiger partial charge in [-0.25, -0.2) is 0 Å². The number of benzene rings is 1. The first kappa shape index (κ1) is 18.1. The zero-order chi connectivity index (χ0) is 18.5. The Hall–Kier alpha value is -1.72. The smallest absolute Gasteiger partial charge is 0.266 e. The van der Waals surface area contributed by atoms with Crippen molar-refractivity contribution in [2.75, 3.05) is 26.0 Å². The molecule has 2 aliphatic rings. The molecular formula is C19H22ClN3OS. The number of fused-ring (bicyclic) bond motifs is 1. The molecule has 2 aliphatic heterocycles. The highest BCUT2D eigenvalue weighted by atomic mass is 35.5. The number of halogens is 1. The summed E-state index contributed by atoms with van der Waals surface area (Å²) in [6.45, 7) is 6.47. The zero-order valence-electron chi connectivity index (χ0n) is 15.3. The molecule has 132 valence electrons. The Kier molecular flexibility index (Phi) is 4.50. The Bertz CT molecular complexity index is 854. The molecule has 1 fully saturated rings. The second kappa shape index (κ2) is 6.22. The van der Waals surface area contributed by atoms with Crippen molar-refractivity contribution in [1.29, 1.82) is 0 Å². The lowest BCUT2D eigenvalue weighted by Crippen LogP contribution is -2.42. The molecule has 0 radical (unpaired) electrons. The van der Waals surface area contributed by atoms with Crippen LogP contribution in [0.3, 0.4) is 0 Å². The Morgan fingerprint density at radius 1 is 1.28 bits per heavy atom. The van der Waals surface area contributed by atoms with Gasteiger partial charge in [-0.1, -0.05) is 17.7 Å². The molecule has 3 rings (SSSR count). The van der Waals surface area contributed by atoms with E-state index < -0.39 is 0 Å². The maximum Gasteiger partial charge on any atom is 0.266 e. The molecular weight excluding hydrogens is 354 g/mol. The Balaban J connectivity index is 2.08. The maximum absolute atomic E-state index is 12.4. The molecule has 0 spiro atoms. The summed E-state index contributed by atoms with van der Waals surface area (Å²) in [5.74, 6) is -0.0510. The van der Waals surface area contributed by atoms with Crippen molar-refractivity contribution in [3.8, 4) is 0 Å². The van der Waals surface area contributed by atoms with Gasteiger partial charge in [-0.2, -0.15) is 0 Å². The van der Waals surface area contributed by atoms with Crippen molar-refractivity contribution in [2.24, 2.45) is 4.99 Å². The number of carbonyl (C=O) groups is 1. The summed E-state index contributed by atoms with van der Waals surface area (Å²) in [4.78, 5) is 20.9. The minimum atomic E-state index is -0.0626. The van der Waals surface area contributed by atoms with Crippen molar-refractivity contribution in [1.82, 2.24) is 4.90 Å². The molecule has 0 bridgehead atoms. The van der Waals surface area contributed by atoms with Crippen LogP contribution in [0.25, 0.3) is 11.6 Å². The van der Waals surface area contributed by atoms with Gasteiger partial charge in [0.15, 0.2) is 5.17 Å². The zero-order valence-corrected chi connectivity index (χ0v) is 16.9. The molecule has 1 saturated heterocycles. The van der Waals surface area contributed by atoms with Gasteiger partial charge in [0.2, 0.25) is 0 Å². The van der Waals surface area contributed by atoms with Crippen LogP contribution in [0.4, 0.5) is 5.69 Å². The van der Waals surface area contributed by atoms with E-state index in [9.17, 15) is 4.79 Å². The van der Waals surface area contributed by atoms with Gasteiger partial charge in [0, 0.05) is 37.4 Å². The van der Waals surface area contributed by atoms with Crippen LogP contribution in [0.15, 0.2) is 28.1 Å². The highest BCUT2D eigenvalue weighted by molar-refractivity contribution is 8.18. The number of hydrogen-bond donors (Lipinski definition) is 0.